The van der Waals surface area contributed by atoms with Crippen molar-refractivity contribution in [2.45, 2.75) is 33.2 Å². The highest BCUT2D eigenvalue weighted by atomic mass is 32.2. The molecule has 1 aliphatic heterocycles. The Morgan fingerprint density at radius 3 is 2.60 bits per heavy atom. The van der Waals surface area contributed by atoms with Crippen LogP contribution in [0.1, 0.15) is 36.1 Å². The minimum atomic E-state index is -2.96. The van der Waals surface area contributed by atoms with Crippen LogP contribution >= 0.6 is 0 Å². The fraction of sp³-hybridized carbons (Fsp3) is 0.600. The Balaban J connectivity index is 2.39. The van der Waals surface area contributed by atoms with Gasteiger partial charge >= 0.3 is 0 Å². The van der Waals surface area contributed by atoms with Gasteiger partial charge < -0.3 is 5.32 Å². The van der Waals surface area contributed by atoms with Crippen LogP contribution in [0.3, 0.4) is 0 Å². The zero-order chi connectivity index (χ0) is 14.9. The molecule has 1 fully saturated rings. The Hall–Kier alpha value is -0.940. The summed E-state index contributed by atoms with van der Waals surface area (Å²) < 4.78 is 37.7. The quantitative estimate of drug-likeness (QED) is 0.929. The number of halogens is 1. The van der Waals surface area contributed by atoms with Gasteiger partial charge in [0.1, 0.15) is 5.82 Å². The molecule has 1 aromatic carbocycles. The molecule has 0 amide bonds. The smallest absolute Gasteiger partial charge is 0.150 e. The van der Waals surface area contributed by atoms with Crippen LogP contribution in [0.4, 0.5) is 4.39 Å². The minimum absolute atomic E-state index is 0.0455. The summed E-state index contributed by atoms with van der Waals surface area (Å²) in [5.74, 6) is 0.0809. The van der Waals surface area contributed by atoms with E-state index >= 15 is 0 Å². The molecule has 1 saturated heterocycles. The van der Waals surface area contributed by atoms with Gasteiger partial charge in [0.2, 0.25) is 0 Å². The van der Waals surface area contributed by atoms with Gasteiger partial charge in [0.05, 0.1) is 11.5 Å². The summed E-state index contributed by atoms with van der Waals surface area (Å²) in [6, 6.07) is 3.25. The number of rotatable bonds is 4. The van der Waals surface area contributed by atoms with Gasteiger partial charge in [-0.15, -0.1) is 0 Å². The number of sulfone groups is 1. The van der Waals surface area contributed by atoms with Crippen LogP contribution in [0.2, 0.25) is 0 Å². The Bertz CT molecular complexity index is 575. The predicted octanol–water partition coefficient (Wildman–Crippen LogP) is 2.53. The normalized spacial score (nSPS) is 22.9. The second-order valence-corrected chi connectivity index (χ2v) is 7.90. The van der Waals surface area contributed by atoms with Gasteiger partial charge in [-0.1, -0.05) is 13.0 Å². The van der Waals surface area contributed by atoms with Crippen LogP contribution < -0.4 is 5.32 Å². The van der Waals surface area contributed by atoms with E-state index in [1.54, 1.807) is 0 Å². The lowest BCUT2D eigenvalue weighted by Gasteiger charge is -2.26. The second-order valence-electron chi connectivity index (χ2n) is 5.68. The zero-order valence-corrected chi connectivity index (χ0v) is 13.1. The summed E-state index contributed by atoms with van der Waals surface area (Å²) in [5, 5.41) is 3.28. The maximum Gasteiger partial charge on any atom is 0.150 e. The molecule has 0 bridgehead atoms. The fourth-order valence-electron chi connectivity index (χ4n) is 3.13. The maximum atomic E-state index is 14.3. The molecular weight excluding hydrogens is 277 g/mol. The largest absolute Gasteiger partial charge is 0.310 e. The van der Waals surface area contributed by atoms with Crippen molar-refractivity contribution in [2.75, 3.05) is 18.1 Å². The number of hydrogen-bond donors (Lipinski definition) is 1. The maximum absolute atomic E-state index is 14.3. The Morgan fingerprint density at radius 1 is 1.40 bits per heavy atom. The predicted molar refractivity (Wildman–Crippen MR) is 79.1 cm³/mol. The summed E-state index contributed by atoms with van der Waals surface area (Å²) in [7, 11) is -2.96. The van der Waals surface area contributed by atoms with E-state index in [-0.39, 0.29) is 29.3 Å². The van der Waals surface area contributed by atoms with Gasteiger partial charge in [-0.25, -0.2) is 12.8 Å². The van der Waals surface area contributed by atoms with Crippen LogP contribution in [0, 0.1) is 25.6 Å². The van der Waals surface area contributed by atoms with Crippen molar-refractivity contribution in [3.63, 3.8) is 0 Å². The number of benzene rings is 1. The van der Waals surface area contributed by atoms with E-state index in [2.05, 4.69) is 5.32 Å². The zero-order valence-electron chi connectivity index (χ0n) is 12.2. The molecule has 0 radical (unpaired) electrons. The highest BCUT2D eigenvalue weighted by Crippen LogP contribution is 2.34. The van der Waals surface area contributed by atoms with Gasteiger partial charge in [0.25, 0.3) is 0 Å². The lowest BCUT2D eigenvalue weighted by atomic mass is 9.88. The van der Waals surface area contributed by atoms with Crippen molar-refractivity contribution in [1.82, 2.24) is 5.32 Å². The molecule has 2 atom stereocenters. The van der Waals surface area contributed by atoms with Crippen molar-refractivity contribution < 1.29 is 12.8 Å². The van der Waals surface area contributed by atoms with Crippen LogP contribution in [-0.4, -0.2) is 26.5 Å². The molecule has 5 heteroatoms. The third-order valence-electron chi connectivity index (χ3n) is 3.95. The first-order valence-electron chi connectivity index (χ1n) is 7.04. The summed E-state index contributed by atoms with van der Waals surface area (Å²) in [4.78, 5) is 0. The van der Waals surface area contributed by atoms with E-state index < -0.39 is 9.84 Å². The topological polar surface area (TPSA) is 46.2 Å². The van der Waals surface area contributed by atoms with Crippen LogP contribution in [0.25, 0.3) is 0 Å². The Labute approximate surface area is 120 Å². The molecule has 0 aromatic heterocycles. The Morgan fingerprint density at radius 2 is 2.10 bits per heavy atom. The molecule has 1 N–H and O–H groups in total. The molecular formula is C15H22FNO2S. The third-order valence-corrected chi connectivity index (χ3v) is 5.75. The van der Waals surface area contributed by atoms with E-state index in [4.69, 9.17) is 0 Å². The molecule has 112 valence electrons. The molecule has 0 spiro atoms. The van der Waals surface area contributed by atoms with Crippen molar-refractivity contribution in [3.8, 4) is 0 Å². The highest BCUT2D eigenvalue weighted by Gasteiger charge is 2.35. The van der Waals surface area contributed by atoms with Gasteiger partial charge in [-0.2, -0.15) is 0 Å². The first kappa shape index (κ1) is 15.4. The van der Waals surface area contributed by atoms with E-state index in [1.807, 2.05) is 26.8 Å². The first-order valence-corrected chi connectivity index (χ1v) is 8.86. The monoisotopic (exact) mass is 299 g/mol. The van der Waals surface area contributed by atoms with E-state index in [0.717, 1.165) is 11.1 Å². The average Bonchev–Trinajstić information content (AvgIpc) is 2.67. The molecule has 0 aliphatic carbocycles. The summed E-state index contributed by atoms with van der Waals surface area (Å²) >= 11 is 0. The van der Waals surface area contributed by atoms with Crippen LogP contribution in [0.15, 0.2) is 12.1 Å². The van der Waals surface area contributed by atoms with Gasteiger partial charge in [-0.3, -0.25) is 0 Å². The van der Waals surface area contributed by atoms with Gasteiger partial charge in [0.15, 0.2) is 9.84 Å². The van der Waals surface area contributed by atoms with Gasteiger partial charge in [0, 0.05) is 11.6 Å². The van der Waals surface area contributed by atoms with Crippen LogP contribution in [0.5, 0.6) is 0 Å². The lowest BCUT2D eigenvalue weighted by molar-refractivity contribution is 0.385. The summed E-state index contributed by atoms with van der Waals surface area (Å²) in [5.41, 5.74) is 2.40. The standard InChI is InChI=1S/C15H22FNO2S/c1-4-17-15(12-5-6-20(18,19)9-12)14-11(3)7-10(2)8-13(14)16/h7-8,12,15,17H,4-6,9H2,1-3H3. The van der Waals surface area contributed by atoms with Crippen LogP contribution in [-0.2, 0) is 9.84 Å². The van der Waals surface area contributed by atoms with E-state index in [1.165, 1.54) is 6.07 Å². The fourth-order valence-corrected chi connectivity index (χ4v) is 4.97. The van der Waals surface area contributed by atoms with E-state index in [0.29, 0.717) is 18.5 Å². The minimum Gasteiger partial charge on any atom is -0.310 e. The van der Waals surface area contributed by atoms with Crippen molar-refractivity contribution in [1.29, 1.82) is 0 Å². The number of aryl methyl sites for hydroxylation is 2. The molecule has 1 aliphatic rings. The molecule has 20 heavy (non-hydrogen) atoms. The first-order chi connectivity index (χ1) is 9.34. The summed E-state index contributed by atoms with van der Waals surface area (Å²) in [6.07, 6.45) is 0.604. The molecule has 2 unspecified atom stereocenters. The Kier molecular flexibility index (Phi) is 4.49. The van der Waals surface area contributed by atoms with Crippen molar-refractivity contribution >= 4 is 9.84 Å². The molecule has 2 rings (SSSR count). The van der Waals surface area contributed by atoms with Crippen molar-refractivity contribution in [3.05, 3.63) is 34.6 Å². The highest BCUT2D eigenvalue weighted by molar-refractivity contribution is 7.91. The number of hydrogen-bond acceptors (Lipinski definition) is 3. The lowest BCUT2D eigenvalue weighted by Crippen LogP contribution is -2.30. The average molecular weight is 299 g/mol. The third kappa shape index (κ3) is 3.20. The second kappa shape index (κ2) is 5.82. The molecule has 3 nitrogen and oxygen atoms in total. The number of nitrogens with one attached hydrogen (secondary N) is 1. The molecule has 1 heterocycles. The molecule has 1 aromatic rings. The van der Waals surface area contributed by atoms with Crippen molar-refractivity contribution in [2.24, 2.45) is 5.92 Å². The summed E-state index contributed by atoms with van der Waals surface area (Å²) in [6.45, 7) is 6.40. The SMILES string of the molecule is CCNC(c1c(C)cc(C)cc1F)C1CCS(=O)(=O)C1. The van der Waals surface area contributed by atoms with E-state index in [9.17, 15) is 12.8 Å². The van der Waals surface area contributed by atoms with Gasteiger partial charge in [-0.05, 0) is 49.9 Å². The molecule has 0 saturated carbocycles.